The third kappa shape index (κ3) is 4.04. The Morgan fingerprint density at radius 1 is 1.18 bits per heavy atom. The molecule has 22 heavy (non-hydrogen) atoms. The number of carbonyl (C=O) groups is 1. The number of rotatable bonds is 2. The highest BCUT2D eigenvalue weighted by molar-refractivity contribution is 14.1. The third-order valence-corrected chi connectivity index (χ3v) is 3.58. The number of anilines is 1. The van der Waals surface area contributed by atoms with E-state index in [0.717, 1.165) is 12.1 Å². The fourth-order valence-corrected chi connectivity index (χ4v) is 2.44. The summed E-state index contributed by atoms with van der Waals surface area (Å²) in [4.78, 5) is 12.1. The topological polar surface area (TPSA) is 49.3 Å². The van der Waals surface area contributed by atoms with E-state index >= 15 is 0 Å². The van der Waals surface area contributed by atoms with Crippen molar-refractivity contribution in [1.29, 1.82) is 0 Å². The standard InChI is InChI=1S/C14H8ClF3INO2/c15-8-3-7(14(16,17)18)4-10(5-8)20-13(22)11-6-9(19)1-2-12(11)21/h1-6,21H,(H,20,22). The molecule has 0 heterocycles. The summed E-state index contributed by atoms with van der Waals surface area (Å²) in [5.74, 6) is -0.998. The molecule has 0 unspecified atom stereocenters. The van der Waals surface area contributed by atoms with Crippen LogP contribution in [0.4, 0.5) is 18.9 Å². The normalized spacial score (nSPS) is 11.3. The zero-order valence-corrected chi connectivity index (χ0v) is 13.6. The van der Waals surface area contributed by atoms with Gasteiger partial charge in [0.25, 0.3) is 5.91 Å². The number of phenols is 1. The first kappa shape index (κ1) is 16.9. The molecular formula is C14H8ClF3INO2. The summed E-state index contributed by atoms with van der Waals surface area (Å²) in [6, 6.07) is 7.07. The van der Waals surface area contributed by atoms with Crippen LogP contribution in [0.5, 0.6) is 5.75 Å². The molecule has 0 bridgehead atoms. The third-order valence-electron chi connectivity index (χ3n) is 2.69. The predicted molar refractivity (Wildman–Crippen MR) is 85.2 cm³/mol. The lowest BCUT2D eigenvalue weighted by molar-refractivity contribution is -0.137. The molecule has 0 aliphatic heterocycles. The van der Waals surface area contributed by atoms with Gasteiger partial charge in [-0.15, -0.1) is 0 Å². The molecule has 0 radical (unpaired) electrons. The lowest BCUT2D eigenvalue weighted by Crippen LogP contribution is -2.13. The zero-order valence-electron chi connectivity index (χ0n) is 10.7. The first-order valence-corrected chi connectivity index (χ1v) is 7.30. The second-order valence-electron chi connectivity index (χ2n) is 4.34. The molecule has 0 atom stereocenters. The molecule has 2 aromatic carbocycles. The Bertz CT molecular complexity index is 735. The van der Waals surface area contributed by atoms with Crippen LogP contribution in [0.3, 0.4) is 0 Å². The minimum atomic E-state index is -4.57. The summed E-state index contributed by atoms with van der Waals surface area (Å²) >= 11 is 7.59. The number of nitrogens with one attached hydrogen (secondary N) is 1. The number of halogens is 5. The van der Waals surface area contributed by atoms with Crippen LogP contribution in [0.2, 0.25) is 5.02 Å². The van der Waals surface area contributed by atoms with Crippen LogP contribution < -0.4 is 5.32 Å². The van der Waals surface area contributed by atoms with E-state index in [1.54, 1.807) is 6.07 Å². The van der Waals surface area contributed by atoms with Gasteiger partial charge in [-0.25, -0.2) is 0 Å². The number of carbonyl (C=O) groups excluding carboxylic acids is 1. The Morgan fingerprint density at radius 3 is 2.50 bits per heavy atom. The lowest BCUT2D eigenvalue weighted by atomic mass is 10.1. The molecule has 0 fully saturated rings. The molecule has 8 heteroatoms. The van der Waals surface area contributed by atoms with Crippen molar-refractivity contribution in [1.82, 2.24) is 0 Å². The van der Waals surface area contributed by atoms with Gasteiger partial charge < -0.3 is 10.4 Å². The summed E-state index contributed by atoms with van der Waals surface area (Å²) in [6.07, 6.45) is -4.57. The molecule has 0 aromatic heterocycles. The van der Waals surface area contributed by atoms with Crippen LogP contribution in [-0.4, -0.2) is 11.0 Å². The van der Waals surface area contributed by atoms with Crippen LogP contribution in [0, 0.1) is 3.57 Å². The molecule has 116 valence electrons. The van der Waals surface area contributed by atoms with E-state index in [9.17, 15) is 23.1 Å². The van der Waals surface area contributed by atoms with E-state index in [1.807, 2.05) is 22.6 Å². The SMILES string of the molecule is O=C(Nc1cc(Cl)cc(C(F)(F)F)c1)c1cc(I)ccc1O. The number of hydrogen-bond acceptors (Lipinski definition) is 2. The highest BCUT2D eigenvalue weighted by Gasteiger charge is 2.31. The molecule has 0 aliphatic rings. The van der Waals surface area contributed by atoms with Crippen molar-refractivity contribution in [2.24, 2.45) is 0 Å². The summed E-state index contributed by atoms with van der Waals surface area (Å²) in [5.41, 5.74) is -1.12. The smallest absolute Gasteiger partial charge is 0.416 e. The van der Waals surface area contributed by atoms with Crippen molar-refractivity contribution in [3.05, 3.63) is 56.1 Å². The minimum absolute atomic E-state index is 0.0413. The largest absolute Gasteiger partial charge is 0.507 e. The van der Waals surface area contributed by atoms with Crippen LogP contribution in [0.15, 0.2) is 36.4 Å². The van der Waals surface area contributed by atoms with Gasteiger partial charge in [0.1, 0.15) is 5.75 Å². The molecule has 0 aliphatic carbocycles. The van der Waals surface area contributed by atoms with E-state index in [2.05, 4.69) is 5.32 Å². The molecule has 0 saturated carbocycles. The quantitative estimate of drug-likeness (QED) is 0.650. The van der Waals surface area contributed by atoms with Gasteiger partial charge in [0.15, 0.2) is 0 Å². The molecule has 3 nitrogen and oxygen atoms in total. The average molecular weight is 442 g/mol. The Kier molecular flexibility index (Phi) is 4.86. The van der Waals surface area contributed by atoms with E-state index in [1.165, 1.54) is 18.2 Å². The Labute approximate surface area is 142 Å². The Hall–Kier alpha value is -1.48. The number of phenolic OH excluding ortho intramolecular Hbond substituents is 1. The van der Waals surface area contributed by atoms with Gasteiger partial charge in [0.2, 0.25) is 0 Å². The monoisotopic (exact) mass is 441 g/mol. The summed E-state index contributed by atoms with van der Waals surface area (Å²) in [6.45, 7) is 0. The van der Waals surface area contributed by atoms with E-state index in [0.29, 0.717) is 3.57 Å². The van der Waals surface area contributed by atoms with Crippen LogP contribution >= 0.6 is 34.2 Å². The van der Waals surface area contributed by atoms with Crippen molar-refractivity contribution < 1.29 is 23.1 Å². The number of amides is 1. The second kappa shape index (κ2) is 6.33. The minimum Gasteiger partial charge on any atom is -0.507 e. The van der Waals surface area contributed by atoms with Crippen molar-refractivity contribution in [2.45, 2.75) is 6.18 Å². The van der Waals surface area contributed by atoms with E-state index in [-0.39, 0.29) is 22.0 Å². The fraction of sp³-hybridized carbons (Fsp3) is 0.0714. The Balaban J connectivity index is 2.32. The zero-order chi connectivity index (χ0) is 16.5. The first-order valence-electron chi connectivity index (χ1n) is 5.84. The fourth-order valence-electron chi connectivity index (χ4n) is 1.71. The average Bonchev–Trinajstić information content (AvgIpc) is 2.39. The maximum absolute atomic E-state index is 12.7. The summed E-state index contributed by atoms with van der Waals surface area (Å²) < 4.78 is 38.8. The number of hydrogen-bond donors (Lipinski definition) is 2. The van der Waals surface area contributed by atoms with Crippen LogP contribution in [-0.2, 0) is 6.18 Å². The maximum Gasteiger partial charge on any atom is 0.416 e. The Morgan fingerprint density at radius 2 is 1.86 bits per heavy atom. The highest BCUT2D eigenvalue weighted by Crippen LogP contribution is 2.33. The van der Waals surface area contributed by atoms with Gasteiger partial charge in [-0.3, -0.25) is 4.79 Å². The molecule has 2 rings (SSSR count). The molecular weight excluding hydrogens is 434 g/mol. The van der Waals surface area contributed by atoms with Gasteiger partial charge in [0.05, 0.1) is 11.1 Å². The number of alkyl halides is 3. The summed E-state index contributed by atoms with van der Waals surface area (Å²) in [7, 11) is 0. The van der Waals surface area contributed by atoms with Gasteiger partial charge in [-0.1, -0.05) is 11.6 Å². The van der Waals surface area contributed by atoms with Crippen LogP contribution in [0.25, 0.3) is 0 Å². The predicted octanol–water partition coefficient (Wildman–Crippen LogP) is 4.92. The lowest BCUT2D eigenvalue weighted by Gasteiger charge is -2.11. The van der Waals surface area contributed by atoms with Gasteiger partial charge in [0, 0.05) is 14.3 Å². The van der Waals surface area contributed by atoms with Crippen molar-refractivity contribution >= 4 is 45.8 Å². The van der Waals surface area contributed by atoms with Crippen LogP contribution in [0.1, 0.15) is 15.9 Å². The molecule has 0 spiro atoms. The van der Waals surface area contributed by atoms with Crippen molar-refractivity contribution in [3.8, 4) is 5.75 Å². The number of benzene rings is 2. The van der Waals surface area contributed by atoms with Crippen molar-refractivity contribution in [2.75, 3.05) is 5.32 Å². The molecule has 2 aromatic rings. The van der Waals surface area contributed by atoms with Gasteiger partial charge in [-0.05, 0) is 59.0 Å². The summed E-state index contributed by atoms with van der Waals surface area (Å²) in [5, 5.41) is 11.8. The second-order valence-corrected chi connectivity index (χ2v) is 6.02. The highest BCUT2D eigenvalue weighted by atomic mass is 127. The number of aromatic hydroxyl groups is 1. The van der Waals surface area contributed by atoms with E-state index in [4.69, 9.17) is 11.6 Å². The van der Waals surface area contributed by atoms with Gasteiger partial charge >= 0.3 is 6.18 Å². The first-order chi connectivity index (χ1) is 10.2. The maximum atomic E-state index is 12.7. The van der Waals surface area contributed by atoms with Crippen molar-refractivity contribution in [3.63, 3.8) is 0 Å². The molecule has 2 N–H and O–H groups in total. The molecule has 1 amide bonds. The van der Waals surface area contributed by atoms with E-state index < -0.39 is 17.6 Å². The van der Waals surface area contributed by atoms with Gasteiger partial charge in [-0.2, -0.15) is 13.2 Å². The molecule has 0 saturated heterocycles.